The molecule has 0 bridgehead atoms. The molecule has 0 radical (unpaired) electrons. The maximum atomic E-state index is 3.74. The first-order chi connectivity index (χ1) is 7.43. The van der Waals surface area contributed by atoms with Crippen molar-refractivity contribution in [2.75, 3.05) is 25.1 Å². The molecule has 1 fully saturated rings. The van der Waals surface area contributed by atoms with Crippen molar-refractivity contribution in [3.05, 3.63) is 0 Å². The van der Waals surface area contributed by atoms with E-state index in [1.165, 1.54) is 31.7 Å². The summed E-state index contributed by atoms with van der Waals surface area (Å²) in [4.78, 5) is 2.60. The van der Waals surface area contributed by atoms with Gasteiger partial charge in [0.05, 0.1) is 0 Å². The van der Waals surface area contributed by atoms with Crippen LogP contribution in [0.4, 0.5) is 0 Å². The third-order valence-electron chi connectivity index (χ3n) is 3.38. The fourth-order valence-electron chi connectivity index (χ4n) is 2.42. The largest absolute Gasteiger partial charge is 0.311 e. The minimum Gasteiger partial charge on any atom is -0.311 e. The SMILES string of the molecule is CSCC(C)NC1CCN(C(C)(C)C)CC1. The Bertz CT molecular complexity index is 193. The predicted octanol–water partition coefficient (Wildman–Crippen LogP) is 2.59. The molecule has 0 aromatic rings. The van der Waals surface area contributed by atoms with Gasteiger partial charge in [-0.1, -0.05) is 0 Å². The molecule has 16 heavy (non-hydrogen) atoms. The first-order valence-corrected chi connectivity index (χ1v) is 7.83. The van der Waals surface area contributed by atoms with Gasteiger partial charge in [0.2, 0.25) is 0 Å². The van der Waals surface area contributed by atoms with Gasteiger partial charge < -0.3 is 5.32 Å². The van der Waals surface area contributed by atoms with E-state index < -0.39 is 0 Å². The summed E-state index contributed by atoms with van der Waals surface area (Å²) in [6.07, 6.45) is 4.78. The fourth-order valence-corrected chi connectivity index (χ4v) is 3.01. The minimum atomic E-state index is 0.343. The topological polar surface area (TPSA) is 15.3 Å². The van der Waals surface area contributed by atoms with Gasteiger partial charge in [-0.05, 0) is 46.8 Å². The molecule has 0 aliphatic carbocycles. The van der Waals surface area contributed by atoms with Gasteiger partial charge in [0.1, 0.15) is 0 Å². The normalized spacial score (nSPS) is 22.3. The van der Waals surface area contributed by atoms with E-state index in [2.05, 4.69) is 44.2 Å². The summed E-state index contributed by atoms with van der Waals surface area (Å²) in [6.45, 7) is 11.7. The predicted molar refractivity (Wildman–Crippen MR) is 75.3 cm³/mol. The van der Waals surface area contributed by atoms with Gasteiger partial charge in [0, 0.05) is 36.5 Å². The lowest BCUT2D eigenvalue weighted by Crippen LogP contribution is -2.51. The van der Waals surface area contributed by atoms with Crippen LogP contribution in [0.5, 0.6) is 0 Å². The van der Waals surface area contributed by atoms with E-state index in [4.69, 9.17) is 0 Å². The standard InChI is InChI=1S/C13H28N2S/c1-11(10-16-5)14-12-6-8-15(9-7-12)13(2,3)4/h11-12,14H,6-10H2,1-5H3. The maximum absolute atomic E-state index is 3.74. The van der Waals surface area contributed by atoms with Gasteiger partial charge in [-0.2, -0.15) is 11.8 Å². The highest BCUT2D eigenvalue weighted by Crippen LogP contribution is 2.20. The van der Waals surface area contributed by atoms with Crippen LogP contribution < -0.4 is 5.32 Å². The molecule has 0 aromatic heterocycles. The molecule has 1 N–H and O–H groups in total. The maximum Gasteiger partial charge on any atom is 0.0132 e. The first-order valence-electron chi connectivity index (χ1n) is 6.43. The fraction of sp³-hybridized carbons (Fsp3) is 1.00. The van der Waals surface area contributed by atoms with Gasteiger partial charge in [0.15, 0.2) is 0 Å². The van der Waals surface area contributed by atoms with E-state index in [9.17, 15) is 0 Å². The average molecular weight is 244 g/mol. The Labute approximate surface area is 106 Å². The van der Waals surface area contributed by atoms with Gasteiger partial charge in [0.25, 0.3) is 0 Å². The smallest absolute Gasteiger partial charge is 0.0132 e. The van der Waals surface area contributed by atoms with E-state index >= 15 is 0 Å². The van der Waals surface area contributed by atoms with E-state index in [1.54, 1.807) is 0 Å². The van der Waals surface area contributed by atoms with Crippen molar-refractivity contribution < 1.29 is 0 Å². The molecule has 1 atom stereocenters. The first kappa shape index (κ1) is 14.3. The molecule has 0 amide bonds. The monoisotopic (exact) mass is 244 g/mol. The molecule has 1 aliphatic heterocycles. The number of hydrogen-bond acceptors (Lipinski definition) is 3. The Morgan fingerprint density at radius 2 is 1.88 bits per heavy atom. The van der Waals surface area contributed by atoms with Crippen molar-refractivity contribution >= 4 is 11.8 Å². The van der Waals surface area contributed by atoms with Crippen LogP contribution in [0.15, 0.2) is 0 Å². The number of hydrogen-bond donors (Lipinski definition) is 1. The summed E-state index contributed by atoms with van der Waals surface area (Å²) in [5.74, 6) is 1.22. The second kappa shape index (κ2) is 6.27. The Morgan fingerprint density at radius 1 is 1.31 bits per heavy atom. The number of nitrogens with zero attached hydrogens (tertiary/aromatic N) is 1. The third kappa shape index (κ3) is 4.64. The summed E-state index contributed by atoms with van der Waals surface area (Å²) < 4.78 is 0. The van der Waals surface area contributed by atoms with Crippen LogP contribution in [-0.4, -0.2) is 47.6 Å². The molecule has 3 heteroatoms. The molecule has 1 aliphatic rings. The number of rotatable bonds is 4. The summed E-state index contributed by atoms with van der Waals surface area (Å²) in [5, 5.41) is 3.74. The number of likely N-dealkylation sites (tertiary alicyclic amines) is 1. The molecule has 1 unspecified atom stereocenters. The summed E-state index contributed by atoms with van der Waals surface area (Å²) in [6, 6.07) is 1.39. The Balaban J connectivity index is 2.27. The molecule has 0 saturated carbocycles. The number of nitrogens with one attached hydrogen (secondary N) is 1. The lowest BCUT2D eigenvalue weighted by molar-refractivity contribution is 0.0948. The lowest BCUT2D eigenvalue weighted by Gasteiger charge is -2.41. The zero-order chi connectivity index (χ0) is 12.2. The van der Waals surface area contributed by atoms with E-state index in [1.807, 2.05) is 11.8 Å². The second-order valence-corrected chi connectivity index (χ2v) is 6.87. The van der Waals surface area contributed by atoms with Crippen LogP contribution >= 0.6 is 11.8 Å². The zero-order valence-corrected chi connectivity index (χ0v) is 12.4. The Morgan fingerprint density at radius 3 is 2.31 bits per heavy atom. The average Bonchev–Trinajstić information content (AvgIpc) is 2.17. The lowest BCUT2D eigenvalue weighted by atomic mass is 9.98. The van der Waals surface area contributed by atoms with E-state index in [0.29, 0.717) is 11.6 Å². The quantitative estimate of drug-likeness (QED) is 0.818. The number of thioether (sulfide) groups is 1. The minimum absolute atomic E-state index is 0.343. The highest BCUT2D eigenvalue weighted by Gasteiger charge is 2.27. The van der Waals surface area contributed by atoms with Gasteiger partial charge in [-0.25, -0.2) is 0 Å². The van der Waals surface area contributed by atoms with Crippen LogP contribution in [0, 0.1) is 0 Å². The van der Waals surface area contributed by atoms with Gasteiger partial charge in [-0.15, -0.1) is 0 Å². The highest BCUT2D eigenvalue weighted by atomic mass is 32.2. The van der Waals surface area contributed by atoms with Crippen molar-refractivity contribution in [3.63, 3.8) is 0 Å². The van der Waals surface area contributed by atoms with Gasteiger partial charge in [-0.3, -0.25) is 4.90 Å². The van der Waals surface area contributed by atoms with E-state index in [0.717, 1.165) is 6.04 Å². The molecule has 1 rings (SSSR count). The van der Waals surface area contributed by atoms with Crippen molar-refractivity contribution in [3.8, 4) is 0 Å². The molecule has 1 heterocycles. The molecule has 96 valence electrons. The van der Waals surface area contributed by atoms with Crippen molar-refractivity contribution in [2.45, 2.75) is 58.2 Å². The molecule has 1 saturated heterocycles. The molecule has 0 aromatic carbocycles. The van der Waals surface area contributed by atoms with Crippen LogP contribution in [0.2, 0.25) is 0 Å². The molecular formula is C13H28N2S. The summed E-state index contributed by atoms with van der Waals surface area (Å²) >= 11 is 1.93. The van der Waals surface area contributed by atoms with Crippen LogP contribution in [0.3, 0.4) is 0 Å². The second-order valence-electron chi connectivity index (χ2n) is 5.96. The molecule has 2 nitrogen and oxygen atoms in total. The van der Waals surface area contributed by atoms with Gasteiger partial charge >= 0.3 is 0 Å². The van der Waals surface area contributed by atoms with E-state index in [-0.39, 0.29) is 0 Å². The third-order valence-corrected chi connectivity index (χ3v) is 4.21. The Hall–Kier alpha value is 0.270. The summed E-state index contributed by atoms with van der Waals surface area (Å²) in [7, 11) is 0. The Kier molecular flexibility index (Phi) is 5.62. The highest BCUT2D eigenvalue weighted by molar-refractivity contribution is 7.98. The molecule has 0 spiro atoms. The zero-order valence-electron chi connectivity index (χ0n) is 11.5. The van der Waals surface area contributed by atoms with Crippen LogP contribution in [-0.2, 0) is 0 Å². The van der Waals surface area contributed by atoms with Crippen LogP contribution in [0.25, 0.3) is 0 Å². The van der Waals surface area contributed by atoms with Crippen LogP contribution in [0.1, 0.15) is 40.5 Å². The van der Waals surface area contributed by atoms with Crippen molar-refractivity contribution in [1.29, 1.82) is 0 Å². The number of piperidine rings is 1. The molecular weight excluding hydrogens is 216 g/mol. The summed E-state index contributed by atoms with van der Waals surface area (Å²) in [5.41, 5.74) is 0.343. The van der Waals surface area contributed by atoms with Crippen molar-refractivity contribution in [2.24, 2.45) is 0 Å². The van der Waals surface area contributed by atoms with Crippen molar-refractivity contribution in [1.82, 2.24) is 10.2 Å².